The molecule has 0 aromatic heterocycles. The van der Waals surface area contributed by atoms with E-state index in [0.29, 0.717) is 0 Å². The van der Waals surface area contributed by atoms with E-state index in [9.17, 15) is 0 Å². The van der Waals surface area contributed by atoms with Gasteiger partial charge >= 0.3 is 0 Å². The van der Waals surface area contributed by atoms with Gasteiger partial charge in [-0.3, -0.25) is 0 Å². The summed E-state index contributed by atoms with van der Waals surface area (Å²) in [5.74, 6) is 0.773. The summed E-state index contributed by atoms with van der Waals surface area (Å²) in [7, 11) is 0. The molecule has 0 aromatic rings. The van der Waals surface area contributed by atoms with Crippen LogP contribution < -0.4 is 5.73 Å². The van der Waals surface area contributed by atoms with Gasteiger partial charge in [0.1, 0.15) is 0 Å². The van der Waals surface area contributed by atoms with Gasteiger partial charge < -0.3 is 10.6 Å². The minimum atomic E-state index is 0.773. The molecule has 0 bridgehead atoms. The van der Waals surface area contributed by atoms with Crippen molar-refractivity contribution in [3.8, 4) is 0 Å². The van der Waals surface area contributed by atoms with E-state index in [-0.39, 0.29) is 0 Å². The molecule has 0 unspecified atom stereocenters. The second kappa shape index (κ2) is 20.9. The van der Waals surface area contributed by atoms with E-state index < -0.39 is 0 Å². The Hall–Kier alpha value is -0.0800. The zero-order valence-corrected chi connectivity index (χ0v) is 16.5. The van der Waals surface area contributed by atoms with Crippen molar-refractivity contribution in [1.82, 2.24) is 4.90 Å². The van der Waals surface area contributed by atoms with E-state index in [4.69, 9.17) is 5.73 Å². The highest BCUT2D eigenvalue weighted by Crippen LogP contribution is 2.05. The highest BCUT2D eigenvalue weighted by atomic mass is 15.1. The Kier molecular flexibility index (Phi) is 23.0. The number of unbranched alkanes of at least 4 members (excludes halogenated alkanes) is 6. The van der Waals surface area contributed by atoms with Crippen LogP contribution in [0.15, 0.2) is 0 Å². The fourth-order valence-corrected chi connectivity index (χ4v) is 2.42. The lowest BCUT2D eigenvalue weighted by molar-refractivity contribution is 0.256. The van der Waals surface area contributed by atoms with Gasteiger partial charge in [0.2, 0.25) is 0 Å². The molecular weight excluding hydrogens is 268 g/mol. The van der Waals surface area contributed by atoms with E-state index in [2.05, 4.69) is 39.5 Å². The van der Waals surface area contributed by atoms with E-state index in [1.807, 2.05) is 0 Å². The monoisotopic (exact) mass is 314 g/mol. The van der Waals surface area contributed by atoms with Crippen LogP contribution in [0.4, 0.5) is 0 Å². The van der Waals surface area contributed by atoms with Crippen LogP contribution in [0.2, 0.25) is 0 Å². The van der Waals surface area contributed by atoms with Crippen LogP contribution in [0, 0.1) is 5.92 Å². The molecule has 2 nitrogen and oxygen atoms in total. The summed E-state index contributed by atoms with van der Waals surface area (Å²) >= 11 is 0. The topological polar surface area (TPSA) is 29.3 Å². The molecule has 0 spiro atoms. The molecule has 22 heavy (non-hydrogen) atoms. The van der Waals surface area contributed by atoms with Crippen molar-refractivity contribution in [3.05, 3.63) is 0 Å². The summed E-state index contributed by atoms with van der Waals surface area (Å²) in [6.45, 7) is 16.1. The van der Waals surface area contributed by atoms with Crippen LogP contribution >= 0.6 is 0 Å². The molecule has 0 atom stereocenters. The highest BCUT2D eigenvalue weighted by molar-refractivity contribution is 4.58. The molecule has 0 saturated carbocycles. The van der Waals surface area contributed by atoms with Crippen LogP contribution in [0.5, 0.6) is 0 Å². The molecule has 0 saturated heterocycles. The van der Waals surface area contributed by atoms with Crippen molar-refractivity contribution in [3.63, 3.8) is 0 Å². The number of nitrogens with two attached hydrogens (primary N) is 1. The van der Waals surface area contributed by atoms with Crippen LogP contribution in [0.25, 0.3) is 0 Å². The molecule has 0 aliphatic rings. The maximum Gasteiger partial charge on any atom is -0.00187 e. The molecule has 2 heteroatoms. The Morgan fingerprint density at radius 2 is 1.05 bits per heavy atom. The Morgan fingerprint density at radius 3 is 1.23 bits per heavy atom. The molecular formula is C20H46N2. The summed E-state index contributed by atoms with van der Waals surface area (Å²) in [5.41, 5.74) is 5.23. The van der Waals surface area contributed by atoms with Gasteiger partial charge in [-0.25, -0.2) is 0 Å². The molecule has 0 aliphatic heterocycles. The number of nitrogens with zero attached hydrogens (tertiary/aromatic N) is 1. The van der Waals surface area contributed by atoms with E-state index in [1.54, 1.807) is 0 Å². The maximum atomic E-state index is 5.23. The zero-order chi connectivity index (χ0) is 17.1. The molecule has 136 valence electrons. The van der Waals surface area contributed by atoms with Gasteiger partial charge in [0.15, 0.2) is 0 Å². The van der Waals surface area contributed by atoms with Crippen molar-refractivity contribution >= 4 is 0 Å². The maximum absolute atomic E-state index is 5.23. The van der Waals surface area contributed by atoms with Crippen molar-refractivity contribution in [2.45, 2.75) is 98.8 Å². The fraction of sp³-hybridized carbons (Fsp3) is 1.00. The predicted octanol–water partition coefficient (Wildman–Crippen LogP) is 5.85. The van der Waals surface area contributed by atoms with Crippen molar-refractivity contribution in [2.24, 2.45) is 11.7 Å². The Morgan fingerprint density at radius 1 is 0.682 bits per heavy atom. The predicted molar refractivity (Wildman–Crippen MR) is 104 cm³/mol. The van der Waals surface area contributed by atoms with Crippen LogP contribution in [-0.4, -0.2) is 31.1 Å². The van der Waals surface area contributed by atoms with Gasteiger partial charge in [-0.05, 0) is 57.8 Å². The van der Waals surface area contributed by atoms with E-state index in [0.717, 1.165) is 18.9 Å². The smallest absolute Gasteiger partial charge is 0.00187 e. The average molecular weight is 315 g/mol. The molecule has 0 heterocycles. The van der Waals surface area contributed by atoms with Gasteiger partial charge in [0, 0.05) is 0 Å². The van der Waals surface area contributed by atoms with Gasteiger partial charge in [-0.1, -0.05) is 73.1 Å². The normalized spacial score (nSPS) is 10.9. The first kappa shape index (κ1) is 24.2. The van der Waals surface area contributed by atoms with Crippen LogP contribution in [0.3, 0.4) is 0 Å². The van der Waals surface area contributed by atoms with Crippen LogP contribution in [0.1, 0.15) is 98.8 Å². The SMILES string of the molecule is CC(C)CCN.CCCCCN(CCCCC)CCCCC. The largest absolute Gasteiger partial charge is 0.330 e. The fourth-order valence-electron chi connectivity index (χ4n) is 2.42. The van der Waals surface area contributed by atoms with Gasteiger partial charge in [-0.2, -0.15) is 0 Å². The minimum Gasteiger partial charge on any atom is -0.330 e. The van der Waals surface area contributed by atoms with E-state index in [1.165, 1.54) is 77.4 Å². The Bertz CT molecular complexity index is 157. The minimum absolute atomic E-state index is 0.773. The Labute approximate surface area is 142 Å². The second-order valence-electron chi connectivity index (χ2n) is 6.93. The molecule has 0 radical (unpaired) electrons. The first-order valence-corrected chi connectivity index (χ1v) is 10.0. The summed E-state index contributed by atoms with van der Waals surface area (Å²) < 4.78 is 0. The first-order chi connectivity index (χ1) is 10.6. The third-order valence-corrected chi connectivity index (χ3v) is 3.98. The highest BCUT2D eigenvalue weighted by Gasteiger charge is 2.03. The lowest BCUT2D eigenvalue weighted by Gasteiger charge is -2.22. The molecule has 0 fully saturated rings. The first-order valence-electron chi connectivity index (χ1n) is 10.0. The molecule has 0 aromatic carbocycles. The molecule has 2 N–H and O–H groups in total. The van der Waals surface area contributed by atoms with Gasteiger partial charge in [0.05, 0.1) is 0 Å². The third kappa shape index (κ3) is 22.2. The zero-order valence-electron chi connectivity index (χ0n) is 16.5. The average Bonchev–Trinajstić information content (AvgIpc) is 2.48. The summed E-state index contributed by atoms with van der Waals surface area (Å²) in [4.78, 5) is 2.70. The standard InChI is InChI=1S/C15H33N.C5H13N/c1-4-7-10-13-16(14-11-8-5-2)15-12-9-6-3;1-5(2)3-4-6/h4-15H2,1-3H3;5H,3-4,6H2,1-2H3. The molecule has 0 rings (SSSR count). The summed E-state index contributed by atoms with van der Waals surface area (Å²) in [5, 5.41) is 0. The van der Waals surface area contributed by atoms with Gasteiger partial charge in [0.25, 0.3) is 0 Å². The second-order valence-corrected chi connectivity index (χ2v) is 6.93. The summed E-state index contributed by atoms with van der Waals surface area (Å²) in [6, 6.07) is 0. The number of hydrogen-bond donors (Lipinski definition) is 1. The Balaban J connectivity index is 0. The third-order valence-electron chi connectivity index (χ3n) is 3.98. The van der Waals surface area contributed by atoms with Crippen molar-refractivity contribution in [2.75, 3.05) is 26.2 Å². The number of hydrogen-bond acceptors (Lipinski definition) is 2. The lowest BCUT2D eigenvalue weighted by Crippen LogP contribution is -2.27. The quantitative estimate of drug-likeness (QED) is 0.407. The van der Waals surface area contributed by atoms with E-state index >= 15 is 0 Å². The van der Waals surface area contributed by atoms with Crippen molar-refractivity contribution < 1.29 is 0 Å². The lowest BCUT2D eigenvalue weighted by atomic mass is 10.1. The van der Waals surface area contributed by atoms with Crippen molar-refractivity contribution in [1.29, 1.82) is 0 Å². The van der Waals surface area contributed by atoms with Gasteiger partial charge in [-0.15, -0.1) is 0 Å². The number of rotatable bonds is 14. The molecule has 0 aliphatic carbocycles. The summed E-state index contributed by atoms with van der Waals surface area (Å²) in [6.07, 6.45) is 13.6. The molecule has 0 amide bonds. The van der Waals surface area contributed by atoms with Crippen LogP contribution in [-0.2, 0) is 0 Å².